The Hall–Kier alpha value is -1.87. The molecule has 26 heavy (non-hydrogen) atoms. The van der Waals surface area contributed by atoms with E-state index in [-0.39, 0.29) is 23.3 Å². The molecule has 9 heteroatoms. The zero-order valence-corrected chi connectivity index (χ0v) is 15.4. The highest BCUT2D eigenvalue weighted by atomic mass is 79.9. The summed E-state index contributed by atoms with van der Waals surface area (Å²) in [6.07, 6.45) is 0.720. The van der Waals surface area contributed by atoms with Gasteiger partial charge in [0, 0.05) is 15.6 Å². The Balaban J connectivity index is 2.20. The fourth-order valence-corrected chi connectivity index (χ4v) is 3.62. The van der Waals surface area contributed by atoms with Crippen LogP contribution in [0.4, 0.5) is 17.6 Å². The van der Waals surface area contributed by atoms with E-state index in [1.54, 1.807) is 12.1 Å². The maximum Gasteiger partial charge on any atom is 0.534 e. The molecule has 1 aliphatic carbocycles. The van der Waals surface area contributed by atoms with Gasteiger partial charge in [0.15, 0.2) is 5.76 Å². The molecule has 0 fully saturated rings. The third-order valence-electron chi connectivity index (χ3n) is 3.90. The molecule has 3 nitrogen and oxygen atoms in total. The van der Waals surface area contributed by atoms with E-state index < -0.39 is 21.4 Å². The molecule has 0 radical (unpaired) electrons. The van der Waals surface area contributed by atoms with Crippen LogP contribution in [0.1, 0.15) is 23.1 Å². The monoisotopic (exact) mass is 450 g/mol. The lowest BCUT2D eigenvalue weighted by Gasteiger charge is -2.24. The summed E-state index contributed by atoms with van der Waals surface area (Å²) in [7, 11) is -5.84. The van der Waals surface area contributed by atoms with Crippen LogP contribution < -0.4 is 0 Å². The van der Waals surface area contributed by atoms with Crippen molar-refractivity contribution in [2.75, 3.05) is 0 Å². The second-order valence-electron chi connectivity index (χ2n) is 5.60. The van der Waals surface area contributed by atoms with Crippen LogP contribution in [0.2, 0.25) is 0 Å². The summed E-state index contributed by atoms with van der Waals surface area (Å²) in [5.74, 6) is -0.900. The van der Waals surface area contributed by atoms with Gasteiger partial charge in [0.05, 0.1) is 0 Å². The number of hydrogen-bond acceptors (Lipinski definition) is 3. The molecule has 0 amide bonds. The van der Waals surface area contributed by atoms with Crippen LogP contribution in [0.5, 0.6) is 0 Å². The summed E-state index contributed by atoms with van der Waals surface area (Å²) < 4.78 is 80.0. The van der Waals surface area contributed by atoms with Crippen molar-refractivity contribution < 1.29 is 30.2 Å². The third kappa shape index (κ3) is 3.64. The fourth-order valence-electron chi connectivity index (χ4n) is 2.71. The molecule has 0 saturated heterocycles. The number of benzene rings is 2. The summed E-state index contributed by atoms with van der Waals surface area (Å²) in [5, 5.41) is 0. The molecule has 138 valence electrons. The first-order chi connectivity index (χ1) is 12.1. The van der Waals surface area contributed by atoms with E-state index >= 15 is 0 Å². The molecule has 0 unspecified atom stereocenters. The maximum absolute atomic E-state index is 13.2. The van der Waals surface area contributed by atoms with Crippen molar-refractivity contribution in [3.05, 3.63) is 69.4 Å². The minimum absolute atomic E-state index is 0.248. The van der Waals surface area contributed by atoms with E-state index in [4.69, 9.17) is 0 Å². The first kappa shape index (κ1) is 18.9. The smallest absolute Gasteiger partial charge is 0.375 e. The molecule has 0 bridgehead atoms. The van der Waals surface area contributed by atoms with Crippen LogP contribution in [0.3, 0.4) is 0 Å². The largest absolute Gasteiger partial charge is 0.534 e. The second-order valence-corrected chi connectivity index (χ2v) is 8.05. The Kier molecular flexibility index (Phi) is 4.87. The normalized spacial score (nSPS) is 15.0. The second kappa shape index (κ2) is 6.70. The highest BCUT2D eigenvalue weighted by molar-refractivity contribution is 9.10. The number of halogens is 5. The molecule has 0 saturated carbocycles. The van der Waals surface area contributed by atoms with Gasteiger partial charge in [-0.2, -0.15) is 21.6 Å². The lowest BCUT2D eigenvalue weighted by Crippen LogP contribution is -2.26. The van der Waals surface area contributed by atoms with Crippen molar-refractivity contribution in [3.8, 4) is 0 Å². The highest BCUT2D eigenvalue weighted by Crippen LogP contribution is 2.41. The molecule has 2 aromatic carbocycles. The van der Waals surface area contributed by atoms with E-state index in [0.29, 0.717) is 22.0 Å². The molecule has 1 aliphatic rings. The van der Waals surface area contributed by atoms with Gasteiger partial charge in [-0.3, -0.25) is 0 Å². The van der Waals surface area contributed by atoms with Gasteiger partial charge in [-0.05, 0) is 54.3 Å². The van der Waals surface area contributed by atoms with E-state index in [1.807, 2.05) is 0 Å². The van der Waals surface area contributed by atoms with Crippen molar-refractivity contribution in [2.45, 2.75) is 18.3 Å². The van der Waals surface area contributed by atoms with E-state index in [1.165, 1.54) is 18.2 Å². The Bertz CT molecular complexity index is 980. The van der Waals surface area contributed by atoms with Crippen LogP contribution >= 0.6 is 15.9 Å². The van der Waals surface area contributed by atoms with Crippen LogP contribution in [0.15, 0.2) is 46.9 Å². The van der Waals surface area contributed by atoms with Gasteiger partial charge >= 0.3 is 15.6 Å². The van der Waals surface area contributed by atoms with Crippen molar-refractivity contribution in [2.24, 2.45) is 0 Å². The average Bonchev–Trinajstić information content (AvgIpc) is 2.54. The van der Waals surface area contributed by atoms with Crippen molar-refractivity contribution in [1.82, 2.24) is 0 Å². The van der Waals surface area contributed by atoms with E-state index in [2.05, 4.69) is 20.1 Å². The zero-order valence-electron chi connectivity index (χ0n) is 13.0. The van der Waals surface area contributed by atoms with Crippen molar-refractivity contribution in [3.63, 3.8) is 0 Å². The summed E-state index contributed by atoms with van der Waals surface area (Å²) in [6.45, 7) is 0. The third-order valence-corrected chi connectivity index (χ3v) is 5.35. The van der Waals surface area contributed by atoms with Crippen LogP contribution in [-0.4, -0.2) is 13.9 Å². The molecule has 0 N–H and O–H groups in total. The van der Waals surface area contributed by atoms with Gasteiger partial charge in [0.2, 0.25) is 0 Å². The number of allylic oxidation sites excluding steroid dienone is 1. The lowest BCUT2D eigenvalue weighted by atomic mass is 9.87. The zero-order chi connectivity index (χ0) is 19.1. The average molecular weight is 451 g/mol. The van der Waals surface area contributed by atoms with Crippen LogP contribution in [0.25, 0.3) is 11.3 Å². The topological polar surface area (TPSA) is 43.4 Å². The van der Waals surface area contributed by atoms with Crippen molar-refractivity contribution in [1.29, 1.82) is 0 Å². The SMILES string of the molecule is O=S(=O)(OC1=C(c2ccc(F)cc2)CCc2cc(Br)ccc21)C(F)(F)F. The molecular formula is C17H11BrF4O3S. The fraction of sp³-hybridized carbons (Fsp3) is 0.176. The number of aryl methyl sites for hydroxylation is 1. The summed E-state index contributed by atoms with van der Waals surface area (Å²) in [6, 6.07) is 9.81. The van der Waals surface area contributed by atoms with Crippen molar-refractivity contribution >= 4 is 37.4 Å². The quantitative estimate of drug-likeness (QED) is 0.363. The van der Waals surface area contributed by atoms with Gasteiger partial charge in [-0.25, -0.2) is 4.39 Å². The van der Waals surface area contributed by atoms with Crippen LogP contribution in [0, 0.1) is 5.82 Å². The highest BCUT2D eigenvalue weighted by Gasteiger charge is 2.49. The van der Waals surface area contributed by atoms with Crippen LogP contribution in [-0.2, 0) is 20.7 Å². The molecule has 0 atom stereocenters. The summed E-state index contributed by atoms with van der Waals surface area (Å²) in [5.41, 5.74) is -3.98. The molecule has 0 spiro atoms. The molecule has 0 aromatic heterocycles. The number of rotatable bonds is 3. The van der Waals surface area contributed by atoms with E-state index in [9.17, 15) is 26.0 Å². The molecule has 0 heterocycles. The first-order valence-corrected chi connectivity index (χ1v) is 9.57. The van der Waals surface area contributed by atoms with Gasteiger partial charge < -0.3 is 4.18 Å². The van der Waals surface area contributed by atoms with Gasteiger partial charge in [-0.1, -0.05) is 28.1 Å². The van der Waals surface area contributed by atoms with Gasteiger partial charge in [-0.15, -0.1) is 0 Å². The molecule has 2 aromatic rings. The Morgan fingerprint density at radius 1 is 1.00 bits per heavy atom. The Labute approximate surface area is 155 Å². The predicted octanol–water partition coefficient (Wildman–Crippen LogP) is 5.27. The maximum atomic E-state index is 13.2. The Morgan fingerprint density at radius 2 is 1.65 bits per heavy atom. The Morgan fingerprint density at radius 3 is 2.27 bits per heavy atom. The van der Waals surface area contributed by atoms with Gasteiger partial charge in [0.1, 0.15) is 5.82 Å². The molecule has 3 rings (SSSR count). The number of hydrogen-bond donors (Lipinski definition) is 0. The molecule has 0 aliphatic heterocycles. The summed E-state index contributed by atoms with van der Waals surface area (Å²) in [4.78, 5) is 0. The standard InChI is InChI=1S/C17H11BrF4O3S/c18-12-4-8-15-11(9-12)3-7-14(10-1-5-13(19)6-2-10)16(15)25-26(23,24)17(20,21)22/h1-2,4-6,8-9H,3,7H2. The number of fused-ring (bicyclic) bond motifs is 1. The minimum Gasteiger partial charge on any atom is -0.375 e. The van der Waals surface area contributed by atoms with Gasteiger partial charge in [0.25, 0.3) is 0 Å². The van der Waals surface area contributed by atoms with E-state index in [0.717, 1.165) is 12.1 Å². The molecular weight excluding hydrogens is 440 g/mol. The first-order valence-electron chi connectivity index (χ1n) is 7.37. The predicted molar refractivity (Wildman–Crippen MR) is 91.7 cm³/mol. The lowest BCUT2D eigenvalue weighted by molar-refractivity contribution is -0.0509. The minimum atomic E-state index is -5.84. The summed E-state index contributed by atoms with van der Waals surface area (Å²) >= 11 is 3.27. The number of alkyl halides is 3.